The first-order valence-corrected chi connectivity index (χ1v) is 11.2. The van der Waals surface area contributed by atoms with Gasteiger partial charge in [0.15, 0.2) is 0 Å². The number of amides is 1. The van der Waals surface area contributed by atoms with Crippen LogP contribution in [0.4, 0.5) is 23.9 Å². The lowest BCUT2D eigenvalue weighted by atomic mass is 10.0. The van der Waals surface area contributed by atoms with Crippen molar-refractivity contribution in [1.82, 2.24) is 14.9 Å². The molecule has 3 rings (SSSR count). The van der Waals surface area contributed by atoms with E-state index in [2.05, 4.69) is 19.6 Å². The summed E-state index contributed by atoms with van der Waals surface area (Å²) in [6.45, 7) is 10.5. The van der Waals surface area contributed by atoms with Crippen LogP contribution in [0, 0.1) is 13.8 Å². The van der Waals surface area contributed by atoms with Crippen LogP contribution >= 0.6 is 0 Å². The van der Waals surface area contributed by atoms with Gasteiger partial charge < -0.3 is 19.3 Å². The molecule has 34 heavy (non-hydrogen) atoms. The highest BCUT2D eigenvalue weighted by molar-refractivity contribution is 5.70. The molecule has 1 aliphatic heterocycles. The summed E-state index contributed by atoms with van der Waals surface area (Å²) in [5.74, 6) is 0.281. The molecule has 0 atom stereocenters. The van der Waals surface area contributed by atoms with E-state index in [0.717, 1.165) is 12.8 Å². The molecule has 10 heteroatoms. The Balaban J connectivity index is 1.72. The maximum Gasteiger partial charge on any atom is 0.573 e. The molecule has 186 valence electrons. The number of piperidine rings is 1. The Bertz CT molecular complexity index is 1010. The number of aromatic nitrogens is 2. The van der Waals surface area contributed by atoms with Crippen molar-refractivity contribution in [3.05, 3.63) is 35.7 Å². The molecule has 1 saturated heterocycles. The van der Waals surface area contributed by atoms with Gasteiger partial charge in [0.25, 0.3) is 0 Å². The lowest BCUT2D eigenvalue weighted by Gasteiger charge is -2.37. The van der Waals surface area contributed by atoms with Crippen LogP contribution in [-0.4, -0.2) is 59.1 Å². The second-order valence-corrected chi connectivity index (χ2v) is 9.45. The fraction of sp³-hybridized carbons (Fsp3) is 0.542. The van der Waals surface area contributed by atoms with E-state index >= 15 is 0 Å². The molecule has 0 N–H and O–H groups in total. The van der Waals surface area contributed by atoms with Gasteiger partial charge in [-0.1, -0.05) is 12.1 Å². The van der Waals surface area contributed by atoms with Crippen molar-refractivity contribution < 1.29 is 27.4 Å². The quantitative estimate of drug-likeness (QED) is 0.576. The van der Waals surface area contributed by atoms with E-state index in [4.69, 9.17) is 4.74 Å². The van der Waals surface area contributed by atoms with Crippen LogP contribution in [0.3, 0.4) is 0 Å². The molecule has 0 aliphatic carbocycles. The van der Waals surface area contributed by atoms with Crippen molar-refractivity contribution in [2.24, 2.45) is 0 Å². The van der Waals surface area contributed by atoms with Crippen LogP contribution in [0.15, 0.2) is 24.3 Å². The van der Waals surface area contributed by atoms with E-state index in [-0.39, 0.29) is 17.9 Å². The Kier molecular flexibility index (Phi) is 7.28. The van der Waals surface area contributed by atoms with Gasteiger partial charge in [-0.3, -0.25) is 0 Å². The molecule has 2 aromatic rings. The van der Waals surface area contributed by atoms with Crippen LogP contribution in [-0.2, 0) is 4.74 Å². The summed E-state index contributed by atoms with van der Waals surface area (Å²) in [4.78, 5) is 25.4. The number of hydrogen-bond acceptors (Lipinski definition) is 6. The van der Waals surface area contributed by atoms with Gasteiger partial charge in [0.05, 0.1) is 11.4 Å². The molecule has 1 aliphatic rings. The third kappa shape index (κ3) is 6.51. The topological polar surface area (TPSA) is 67.8 Å². The minimum absolute atomic E-state index is 0.0592. The number of benzene rings is 1. The average Bonchev–Trinajstić information content (AvgIpc) is 2.70. The van der Waals surface area contributed by atoms with Crippen molar-refractivity contribution in [3.8, 4) is 16.9 Å². The van der Waals surface area contributed by atoms with Crippen LogP contribution in [0.25, 0.3) is 11.1 Å². The molecular formula is C24H31F3N4O3. The average molecular weight is 481 g/mol. The van der Waals surface area contributed by atoms with E-state index in [0.29, 0.717) is 41.6 Å². The molecule has 0 bridgehead atoms. The van der Waals surface area contributed by atoms with Crippen LogP contribution in [0.5, 0.6) is 5.75 Å². The zero-order valence-electron chi connectivity index (χ0n) is 20.4. The Hall–Kier alpha value is -3.04. The van der Waals surface area contributed by atoms with Crippen LogP contribution < -0.4 is 9.64 Å². The molecule has 0 saturated carbocycles. The van der Waals surface area contributed by atoms with Crippen LogP contribution in [0.2, 0.25) is 0 Å². The first-order valence-electron chi connectivity index (χ1n) is 11.2. The number of halogens is 3. The smallest absolute Gasteiger partial charge is 0.444 e. The summed E-state index contributed by atoms with van der Waals surface area (Å²) in [5, 5.41) is 0. The molecule has 7 nitrogen and oxygen atoms in total. The maximum atomic E-state index is 12.6. The molecule has 2 heterocycles. The lowest BCUT2D eigenvalue weighted by molar-refractivity contribution is -0.274. The Morgan fingerprint density at radius 3 is 2.21 bits per heavy atom. The SMILES string of the molecule is Cc1nc(N2CCC(N(C)C(=O)OC(C)(C)C)CC2)nc(C)c1-c1cccc(OC(F)(F)F)c1. The molecule has 0 unspecified atom stereocenters. The van der Waals surface area contributed by atoms with Gasteiger partial charge in [-0.15, -0.1) is 13.2 Å². The summed E-state index contributed by atoms with van der Waals surface area (Å²) in [6.07, 6.45) is -3.60. The number of carbonyl (C=O) groups excluding carboxylic acids is 1. The second-order valence-electron chi connectivity index (χ2n) is 9.45. The second kappa shape index (κ2) is 9.68. The third-order valence-corrected chi connectivity index (χ3v) is 5.59. The first kappa shape index (κ1) is 25.6. The van der Waals surface area contributed by atoms with Gasteiger partial charge in [0, 0.05) is 31.7 Å². The molecule has 0 spiro atoms. The largest absolute Gasteiger partial charge is 0.573 e. The highest BCUT2D eigenvalue weighted by Gasteiger charge is 2.32. The normalized spacial score (nSPS) is 15.3. The van der Waals surface area contributed by atoms with Crippen molar-refractivity contribution in [1.29, 1.82) is 0 Å². The fourth-order valence-corrected chi connectivity index (χ4v) is 4.04. The highest BCUT2D eigenvalue weighted by Crippen LogP contribution is 2.32. The summed E-state index contributed by atoms with van der Waals surface area (Å²) in [7, 11) is 1.75. The van der Waals surface area contributed by atoms with E-state index < -0.39 is 12.0 Å². The minimum atomic E-state index is -4.76. The van der Waals surface area contributed by atoms with Gasteiger partial charge in [0.1, 0.15) is 11.4 Å². The van der Waals surface area contributed by atoms with Crippen LogP contribution in [0.1, 0.15) is 45.0 Å². The van der Waals surface area contributed by atoms with E-state index in [1.165, 1.54) is 18.2 Å². The van der Waals surface area contributed by atoms with Gasteiger partial charge in [0.2, 0.25) is 5.95 Å². The summed E-state index contributed by atoms with van der Waals surface area (Å²) < 4.78 is 47.3. The van der Waals surface area contributed by atoms with Gasteiger partial charge in [-0.05, 0) is 65.2 Å². The van der Waals surface area contributed by atoms with Crippen molar-refractivity contribution in [3.63, 3.8) is 0 Å². The van der Waals surface area contributed by atoms with Crippen molar-refractivity contribution >= 4 is 12.0 Å². The molecule has 0 radical (unpaired) electrons. The number of hydrogen-bond donors (Lipinski definition) is 0. The predicted molar refractivity (Wildman–Crippen MR) is 123 cm³/mol. The summed E-state index contributed by atoms with van der Waals surface area (Å²) >= 11 is 0. The molecular weight excluding hydrogens is 449 g/mol. The van der Waals surface area contributed by atoms with E-state index in [1.54, 1.807) is 18.0 Å². The maximum absolute atomic E-state index is 12.6. The highest BCUT2D eigenvalue weighted by atomic mass is 19.4. The lowest BCUT2D eigenvalue weighted by Crippen LogP contribution is -2.47. The predicted octanol–water partition coefficient (Wildman–Crippen LogP) is 5.49. The Morgan fingerprint density at radius 1 is 1.09 bits per heavy atom. The zero-order valence-corrected chi connectivity index (χ0v) is 20.4. The number of alkyl halides is 3. The van der Waals surface area contributed by atoms with Gasteiger partial charge in [-0.25, -0.2) is 14.8 Å². The number of carbonyl (C=O) groups is 1. The number of rotatable bonds is 4. The number of ether oxygens (including phenoxy) is 2. The molecule has 1 aromatic heterocycles. The standard InChI is InChI=1S/C24H31F3N4O3/c1-15-20(17-8-7-9-19(14-17)33-24(25,26)27)16(2)29-21(28-15)31-12-10-18(11-13-31)30(6)22(32)34-23(3,4)5/h7-9,14,18H,10-13H2,1-6H3. The summed E-state index contributed by atoms with van der Waals surface area (Å²) in [6, 6.07) is 5.87. The first-order chi connectivity index (χ1) is 15.7. The van der Waals surface area contributed by atoms with E-state index in [9.17, 15) is 18.0 Å². The fourth-order valence-electron chi connectivity index (χ4n) is 4.04. The monoisotopic (exact) mass is 480 g/mol. The molecule has 1 fully saturated rings. The third-order valence-electron chi connectivity index (χ3n) is 5.59. The van der Waals surface area contributed by atoms with Crippen molar-refractivity contribution in [2.45, 2.75) is 65.5 Å². The van der Waals surface area contributed by atoms with E-state index in [1.807, 2.05) is 34.6 Å². The Morgan fingerprint density at radius 2 is 1.68 bits per heavy atom. The van der Waals surface area contributed by atoms with Crippen molar-refractivity contribution in [2.75, 3.05) is 25.0 Å². The number of anilines is 1. The molecule has 1 aromatic carbocycles. The van der Waals surface area contributed by atoms with Gasteiger partial charge in [-0.2, -0.15) is 0 Å². The number of nitrogens with zero attached hydrogens (tertiary/aromatic N) is 4. The summed E-state index contributed by atoms with van der Waals surface area (Å²) in [5.41, 5.74) is 2.02. The number of aryl methyl sites for hydroxylation is 2. The minimum Gasteiger partial charge on any atom is -0.444 e. The zero-order chi connectivity index (χ0) is 25.3. The van der Waals surface area contributed by atoms with Gasteiger partial charge >= 0.3 is 12.5 Å². The Labute approximate surface area is 197 Å². The molecule has 1 amide bonds.